The molecule has 9 aromatic rings. The third kappa shape index (κ3) is 4.93. The molecular weight excluding hydrogens is 574 g/mol. The largest absolute Gasteiger partial charge is 0.455 e. The highest BCUT2D eigenvalue weighted by molar-refractivity contribution is 6.15. The van der Waals surface area contributed by atoms with E-state index < -0.39 is 0 Å². The van der Waals surface area contributed by atoms with Gasteiger partial charge in [0.15, 0.2) is 17.5 Å². The standard InChI is InChI=1S/C43H27N3O/c1-3-10-28(11-4-1)33-14-9-15-35(26-33)43-45-41(31-12-5-2-6-13-31)44-42(46-43)32-21-18-29(19-22-32)34-23-20-30-24-25-37-36-16-7-8-17-39(36)47-40(37)38(30)27-34/h1-27H. The minimum absolute atomic E-state index is 0.632. The van der Waals surface area contributed by atoms with Gasteiger partial charge < -0.3 is 4.42 Å². The molecule has 4 nitrogen and oxygen atoms in total. The summed E-state index contributed by atoms with van der Waals surface area (Å²) in [5, 5.41) is 4.53. The molecule has 7 aromatic carbocycles. The summed E-state index contributed by atoms with van der Waals surface area (Å²) in [6, 6.07) is 56.4. The maximum atomic E-state index is 6.34. The Morgan fingerprint density at radius 1 is 0.319 bits per heavy atom. The first-order valence-electron chi connectivity index (χ1n) is 15.7. The summed E-state index contributed by atoms with van der Waals surface area (Å²) in [5.74, 6) is 1.91. The minimum atomic E-state index is 0.632. The quantitative estimate of drug-likeness (QED) is 0.197. The van der Waals surface area contributed by atoms with Gasteiger partial charge in [-0.2, -0.15) is 0 Å². The fraction of sp³-hybridized carbons (Fsp3) is 0. The first-order chi connectivity index (χ1) is 23.3. The van der Waals surface area contributed by atoms with Crippen LogP contribution in [0.4, 0.5) is 0 Å². The van der Waals surface area contributed by atoms with Crippen molar-refractivity contribution < 1.29 is 4.42 Å². The van der Waals surface area contributed by atoms with E-state index >= 15 is 0 Å². The van der Waals surface area contributed by atoms with Crippen LogP contribution in [0.25, 0.3) is 89.1 Å². The Balaban J connectivity index is 1.12. The normalized spacial score (nSPS) is 11.4. The Kier molecular flexibility index (Phi) is 6.43. The molecule has 0 radical (unpaired) electrons. The van der Waals surface area contributed by atoms with Gasteiger partial charge in [-0.3, -0.25) is 0 Å². The average molecular weight is 602 g/mol. The smallest absolute Gasteiger partial charge is 0.164 e. The van der Waals surface area contributed by atoms with Gasteiger partial charge in [0.1, 0.15) is 11.2 Å². The number of hydrogen-bond donors (Lipinski definition) is 0. The summed E-state index contributed by atoms with van der Waals surface area (Å²) >= 11 is 0. The van der Waals surface area contributed by atoms with Crippen LogP contribution < -0.4 is 0 Å². The van der Waals surface area contributed by atoms with Crippen LogP contribution in [-0.4, -0.2) is 15.0 Å². The number of aromatic nitrogens is 3. The van der Waals surface area contributed by atoms with Crippen LogP contribution in [0.5, 0.6) is 0 Å². The predicted molar refractivity (Wildman–Crippen MR) is 192 cm³/mol. The molecule has 220 valence electrons. The van der Waals surface area contributed by atoms with E-state index in [4.69, 9.17) is 19.4 Å². The third-order valence-corrected chi connectivity index (χ3v) is 8.73. The molecule has 0 saturated carbocycles. The van der Waals surface area contributed by atoms with Gasteiger partial charge in [0.25, 0.3) is 0 Å². The monoisotopic (exact) mass is 601 g/mol. The lowest BCUT2D eigenvalue weighted by Crippen LogP contribution is -2.00. The summed E-state index contributed by atoms with van der Waals surface area (Å²) < 4.78 is 6.34. The van der Waals surface area contributed by atoms with Gasteiger partial charge >= 0.3 is 0 Å². The van der Waals surface area contributed by atoms with E-state index in [-0.39, 0.29) is 0 Å². The van der Waals surface area contributed by atoms with Gasteiger partial charge in [-0.25, -0.2) is 15.0 Å². The molecule has 47 heavy (non-hydrogen) atoms. The molecule has 0 spiro atoms. The van der Waals surface area contributed by atoms with Crippen LogP contribution in [0.1, 0.15) is 0 Å². The first-order valence-corrected chi connectivity index (χ1v) is 15.7. The highest BCUT2D eigenvalue weighted by Gasteiger charge is 2.14. The zero-order valence-electron chi connectivity index (χ0n) is 25.3. The molecule has 9 rings (SSSR count). The van der Waals surface area contributed by atoms with E-state index in [1.165, 1.54) is 0 Å². The molecule has 0 amide bonds. The SMILES string of the molecule is c1ccc(-c2cccc(-c3nc(-c4ccccc4)nc(-c4ccc(-c5ccc6ccc7c8ccccc8oc7c6c5)cc4)n3)c2)cc1. The molecule has 4 heteroatoms. The molecule has 0 unspecified atom stereocenters. The number of rotatable bonds is 5. The van der Waals surface area contributed by atoms with Crippen molar-refractivity contribution in [2.24, 2.45) is 0 Å². The summed E-state index contributed by atoms with van der Waals surface area (Å²) in [7, 11) is 0. The molecule has 2 aromatic heterocycles. The first kappa shape index (κ1) is 27.0. The van der Waals surface area contributed by atoms with Gasteiger partial charge in [0, 0.05) is 32.8 Å². The maximum absolute atomic E-state index is 6.34. The van der Waals surface area contributed by atoms with E-state index in [0.29, 0.717) is 17.5 Å². The molecule has 0 atom stereocenters. The summed E-state index contributed by atoms with van der Waals surface area (Å²) in [6.45, 7) is 0. The van der Waals surface area contributed by atoms with Crippen molar-refractivity contribution in [1.29, 1.82) is 0 Å². The Labute approximate surface area is 271 Å². The van der Waals surface area contributed by atoms with E-state index in [1.807, 2.05) is 48.5 Å². The van der Waals surface area contributed by atoms with Crippen molar-refractivity contribution in [3.8, 4) is 56.4 Å². The fourth-order valence-corrected chi connectivity index (χ4v) is 6.31. The lowest BCUT2D eigenvalue weighted by Gasteiger charge is -2.10. The number of para-hydroxylation sites is 1. The van der Waals surface area contributed by atoms with Gasteiger partial charge in [-0.1, -0.05) is 140 Å². The van der Waals surface area contributed by atoms with Crippen molar-refractivity contribution in [2.75, 3.05) is 0 Å². The van der Waals surface area contributed by atoms with E-state index in [0.717, 1.165) is 71.7 Å². The van der Waals surface area contributed by atoms with Crippen LogP contribution >= 0.6 is 0 Å². The highest BCUT2D eigenvalue weighted by atomic mass is 16.3. The maximum Gasteiger partial charge on any atom is 0.164 e. The van der Waals surface area contributed by atoms with Crippen LogP contribution in [0.15, 0.2) is 168 Å². The van der Waals surface area contributed by atoms with Crippen molar-refractivity contribution >= 4 is 32.7 Å². The second-order valence-electron chi connectivity index (χ2n) is 11.7. The molecule has 2 heterocycles. The van der Waals surface area contributed by atoms with Crippen LogP contribution in [0.3, 0.4) is 0 Å². The van der Waals surface area contributed by atoms with Gasteiger partial charge in [0.05, 0.1) is 0 Å². The number of benzene rings is 7. The summed E-state index contributed by atoms with van der Waals surface area (Å²) in [5.41, 5.74) is 9.14. The van der Waals surface area contributed by atoms with Gasteiger partial charge in [-0.05, 0) is 51.9 Å². The summed E-state index contributed by atoms with van der Waals surface area (Å²) in [6.07, 6.45) is 0. The van der Waals surface area contributed by atoms with Gasteiger partial charge in [0.2, 0.25) is 0 Å². The molecule has 0 bridgehead atoms. The van der Waals surface area contributed by atoms with Crippen molar-refractivity contribution in [1.82, 2.24) is 15.0 Å². The minimum Gasteiger partial charge on any atom is -0.455 e. The van der Waals surface area contributed by atoms with E-state index in [9.17, 15) is 0 Å². The number of nitrogens with zero attached hydrogens (tertiary/aromatic N) is 3. The zero-order chi connectivity index (χ0) is 31.2. The lowest BCUT2D eigenvalue weighted by atomic mass is 9.98. The fourth-order valence-electron chi connectivity index (χ4n) is 6.31. The number of fused-ring (bicyclic) bond motifs is 5. The second kappa shape index (κ2) is 11.2. The van der Waals surface area contributed by atoms with Crippen LogP contribution in [0.2, 0.25) is 0 Å². The topological polar surface area (TPSA) is 51.8 Å². The zero-order valence-corrected chi connectivity index (χ0v) is 25.3. The second-order valence-corrected chi connectivity index (χ2v) is 11.7. The Hall–Kier alpha value is -6.39. The highest BCUT2D eigenvalue weighted by Crippen LogP contribution is 2.36. The molecule has 0 aliphatic rings. The predicted octanol–water partition coefficient (Wildman–Crippen LogP) is 11.3. The van der Waals surface area contributed by atoms with Crippen molar-refractivity contribution in [3.05, 3.63) is 164 Å². The molecule has 0 aliphatic carbocycles. The number of furan rings is 1. The Morgan fingerprint density at radius 2 is 0.830 bits per heavy atom. The lowest BCUT2D eigenvalue weighted by molar-refractivity contribution is 0.672. The molecule has 0 aliphatic heterocycles. The molecular formula is C43H27N3O. The molecule has 0 fully saturated rings. The van der Waals surface area contributed by atoms with Crippen LogP contribution in [-0.2, 0) is 0 Å². The van der Waals surface area contributed by atoms with Crippen molar-refractivity contribution in [3.63, 3.8) is 0 Å². The summed E-state index contributed by atoms with van der Waals surface area (Å²) in [4.78, 5) is 14.9. The number of hydrogen-bond acceptors (Lipinski definition) is 4. The Morgan fingerprint density at radius 3 is 1.60 bits per heavy atom. The van der Waals surface area contributed by atoms with E-state index in [2.05, 4.69) is 115 Å². The average Bonchev–Trinajstić information content (AvgIpc) is 3.55. The Bertz CT molecular complexity index is 2550. The third-order valence-electron chi connectivity index (χ3n) is 8.73. The molecule has 0 saturated heterocycles. The molecule has 0 N–H and O–H groups in total. The van der Waals surface area contributed by atoms with E-state index in [1.54, 1.807) is 0 Å². The van der Waals surface area contributed by atoms with Crippen molar-refractivity contribution in [2.45, 2.75) is 0 Å². The van der Waals surface area contributed by atoms with Gasteiger partial charge in [-0.15, -0.1) is 0 Å². The van der Waals surface area contributed by atoms with Crippen LogP contribution in [0, 0.1) is 0 Å².